The van der Waals surface area contributed by atoms with Crippen LogP contribution in [0.4, 0.5) is 4.79 Å². The quantitative estimate of drug-likeness (QED) is 0.0719. The van der Waals surface area contributed by atoms with Crippen molar-refractivity contribution >= 4 is 27.9 Å². The monoisotopic (exact) mass is 660 g/mol. The zero-order valence-corrected chi connectivity index (χ0v) is 27.5. The summed E-state index contributed by atoms with van der Waals surface area (Å²) in [6.45, 7) is 3.06. The van der Waals surface area contributed by atoms with E-state index in [2.05, 4.69) is 69.9 Å². The molecule has 3 aliphatic heterocycles. The zero-order valence-electron chi connectivity index (χ0n) is 27.5. The Morgan fingerprint density at radius 2 is 1.67 bits per heavy atom. The van der Waals surface area contributed by atoms with Gasteiger partial charge in [-0.25, -0.2) is 9.97 Å². The maximum atomic E-state index is 12.8. The van der Waals surface area contributed by atoms with Gasteiger partial charge in [0.2, 0.25) is 0 Å². The fourth-order valence-corrected chi connectivity index (χ4v) is 9.24. The molecular formula is C38H42N7O4+. The van der Waals surface area contributed by atoms with Gasteiger partial charge in [0.1, 0.15) is 17.7 Å². The summed E-state index contributed by atoms with van der Waals surface area (Å²) >= 11 is 0. The fraction of sp³-hybridized carbons (Fsp3) is 0.447. The second kappa shape index (κ2) is 10.9. The Morgan fingerprint density at radius 1 is 0.918 bits per heavy atom. The highest BCUT2D eigenvalue weighted by atomic mass is 16.7. The van der Waals surface area contributed by atoms with E-state index in [-0.39, 0.29) is 18.0 Å². The number of hydrogen-bond acceptors (Lipinski definition) is 7. The number of H-pyrrole nitrogens is 2. The molecule has 2 saturated carbocycles. The van der Waals surface area contributed by atoms with Crippen molar-refractivity contribution in [3.63, 3.8) is 0 Å². The lowest BCUT2D eigenvalue weighted by Gasteiger charge is -2.43. The summed E-state index contributed by atoms with van der Waals surface area (Å²) in [6.07, 6.45) is 6.25. The minimum Gasteiger partial charge on any atom is -0.432 e. The van der Waals surface area contributed by atoms with Crippen molar-refractivity contribution in [2.75, 3.05) is 13.2 Å². The average molecular weight is 661 g/mol. The van der Waals surface area contributed by atoms with Gasteiger partial charge in [-0.05, 0) is 108 Å². The standard InChI is InChI=1S/C38H41N7O4/c1-20(21-8-10-49-11-9-21)45(48,38(46)47)44-34-17-28(34)18-35(44)37-39-19-33(43-37)26-5-4-22-12-23(2-3-24(22)13-26)25-6-7-29-31(14-25)42-36(41-29)32-16-27-15-30(27)40-32/h2-7,12-14,19-21,27-28,30,32,34-35,40,48H,8-11,15-18H2,1H3,(H2-,39,41,42,43,46,47)/p+1/t20?,27-,28-,30-,32+,34-,35+,45?/m1/s1. The minimum atomic E-state index is -1.23. The van der Waals surface area contributed by atoms with E-state index in [0.717, 1.165) is 81.6 Å². The van der Waals surface area contributed by atoms with Crippen LogP contribution in [0.2, 0.25) is 0 Å². The van der Waals surface area contributed by atoms with Gasteiger partial charge in [-0.2, -0.15) is 10.0 Å². The molecule has 2 unspecified atom stereocenters. The number of fused-ring (bicyclic) bond motifs is 4. The van der Waals surface area contributed by atoms with Crippen LogP contribution in [0.5, 0.6) is 0 Å². The van der Waals surface area contributed by atoms with E-state index in [4.69, 9.17) is 14.7 Å². The van der Waals surface area contributed by atoms with E-state index in [1.165, 1.54) is 12.8 Å². The van der Waals surface area contributed by atoms with E-state index < -0.39 is 16.9 Å². The first-order chi connectivity index (χ1) is 23.8. The van der Waals surface area contributed by atoms with Crippen LogP contribution in [0, 0.1) is 17.8 Å². The number of piperidine rings is 2. The molecule has 1 amide bonds. The molecule has 252 valence electrons. The summed E-state index contributed by atoms with van der Waals surface area (Å²) in [6, 6.07) is 19.7. The molecule has 0 spiro atoms. The van der Waals surface area contributed by atoms with Gasteiger partial charge >= 0.3 is 6.09 Å². The molecule has 10 rings (SSSR count). The number of nitrogens with one attached hydrogen (secondary N) is 3. The molecule has 5 heterocycles. The van der Waals surface area contributed by atoms with E-state index in [1.807, 2.05) is 18.1 Å². The van der Waals surface area contributed by atoms with Crippen LogP contribution >= 0.6 is 0 Å². The fourth-order valence-electron chi connectivity index (χ4n) is 9.24. The lowest BCUT2D eigenvalue weighted by Crippen LogP contribution is -2.68. The van der Waals surface area contributed by atoms with Crippen LogP contribution in [0.1, 0.15) is 69.2 Å². The number of aromatic amines is 2. The molecule has 3 saturated heterocycles. The second-order valence-electron chi connectivity index (χ2n) is 15.2. The lowest BCUT2D eigenvalue weighted by atomic mass is 9.92. The smallest absolute Gasteiger partial charge is 0.432 e. The number of quaternary nitrogens is 1. The molecular weight excluding hydrogens is 618 g/mol. The van der Waals surface area contributed by atoms with Crippen LogP contribution in [0.25, 0.3) is 44.2 Å². The van der Waals surface area contributed by atoms with Gasteiger partial charge in [0.05, 0.1) is 35.0 Å². The minimum absolute atomic E-state index is 0.0302. The Hall–Kier alpha value is -4.13. The van der Waals surface area contributed by atoms with Crippen LogP contribution in [0.3, 0.4) is 0 Å². The summed E-state index contributed by atoms with van der Waals surface area (Å²) in [5, 5.41) is 30.2. The van der Waals surface area contributed by atoms with Gasteiger partial charge in [0, 0.05) is 30.7 Å². The number of benzene rings is 3. The third kappa shape index (κ3) is 4.85. The largest absolute Gasteiger partial charge is 0.568 e. The number of carboxylic acid groups (broad SMARTS) is 1. The molecule has 2 aromatic heterocycles. The number of imidazole rings is 2. The van der Waals surface area contributed by atoms with Crippen molar-refractivity contribution < 1.29 is 24.6 Å². The maximum absolute atomic E-state index is 12.8. The second-order valence-corrected chi connectivity index (χ2v) is 15.2. The van der Waals surface area contributed by atoms with Gasteiger partial charge in [-0.3, -0.25) is 0 Å². The van der Waals surface area contributed by atoms with Crippen molar-refractivity contribution in [3.05, 3.63) is 72.4 Å². The maximum Gasteiger partial charge on any atom is 0.568 e. The van der Waals surface area contributed by atoms with Crippen LogP contribution < -0.4 is 5.32 Å². The first kappa shape index (κ1) is 29.8. The first-order valence-corrected chi connectivity index (χ1v) is 17.9. The van der Waals surface area contributed by atoms with Gasteiger partial charge in [-0.1, -0.05) is 35.3 Å². The molecule has 5 N–H and O–H groups in total. The predicted octanol–water partition coefficient (Wildman–Crippen LogP) is 6.95. The topological polar surface area (TPSA) is 139 Å². The molecule has 3 aromatic carbocycles. The van der Waals surface area contributed by atoms with Crippen molar-refractivity contribution in [2.45, 2.75) is 75.7 Å². The Bertz CT molecular complexity index is 2090. The normalized spacial score (nSPS) is 29.9. The Labute approximate surface area is 283 Å². The number of ether oxygens (including phenoxy) is 1. The predicted molar refractivity (Wildman–Crippen MR) is 183 cm³/mol. The number of carbonyl (C=O) groups is 1. The SMILES string of the molecule is CC(C1CCOCC1)[N+](O)(C(=O)O)N1[C@@H]2C[C@@H]2C[C@H]1c1ncc(-c2ccc3cc(-c4ccc5nc([C@@H]6C[C@H]7C[C@H]7N6)[nH]c5c4)ccc3c2)[nH]1. The summed E-state index contributed by atoms with van der Waals surface area (Å²) < 4.78 is 4.43. The van der Waals surface area contributed by atoms with Gasteiger partial charge in [-0.15, -0.1) is 0 Å². The van der Waals surface area contributed by atoms with Crippen molar-refractivity contribution in [3.8, 4) is 22.4 Å². The van der Waals surface area contributed by atoms with Gasteiger partial charge < -0.3 is 25.1 Å². The van der Waals surface area contributed by atoms with Gasteiger partial charge in [0.15, 0.2) is 6.04 Å². The number of rotatable bonds is 7. The highest BCUT2D eigenvalue weighted by Gasteiger charge is 2.67. The lowest BCUT2D eigenvalue weighted by molar-refractivity contribution is -1.15. The molecule has 49 heavy (non-hydrogen) atoms. The van der Waals surface area contributed by atoms with Crippen LogP contribution in [0.15, 0.2) is 60.8 Å². The Balaban J connectivity index is 0.903. The molecule has 0 bridgehead atoms. The summed E-state index contributed by atoms with van der Waals surface area (Å²) in [5.41, 5.74) is 6.26. The van der Waals surface area contributed by atoms with Crippen molar-refractivity contribution in [1.29, 1.82) is 0 Å². The highest BCUT2D eigenvalue weighted by Crippen LogP contribution is 2.56. The highest BCUT2D eigenvalue weighted by molar-refractivity contribution is 5.91. The number of hydroxylamine groups is 2. The number of hydrogen-bond donors (Lipinski definition) is 5. The third-order valence-corrected chi connectivity index (χ3v) is 12.3. The number of aromatic nitrogens is 4. The molecule has 5 fully saturated rings. The van der Waals surface area contributed by atoms with Crippen molar-refractivity contribution in [2.24, 2.45) is 17.8 Å². The van der Waals surface area contributed by atoms with E-state index in [0.29, 0.717) is 37.0 Å². The van der Waals surface area contributed by atoms with E-state index in [9.17, 15) is 15.1 Å². The van der Waals surface area contributed by atoms with E-state index >= 15 is 0 Å². The molecule has 2 aliphatic carbocycles. The number of amides is 1. The molecule has 8 atom stereocenters. The summed E-state index contributed by atoms with van der Waals surface area (Å²) in [5.74, 6) is 3.00. The number of nitrogens with zero attached hydrogens (tertiary/aromatic N) is 4. The Morgan fingerprint density at radius 3 is 2.45 bits per heavy atom. The molecule has 5 aromatic rings. The van der Waals surface area contributed by atoms with Crippen LogP contribution in [-0.2, 0) is 4.74 Å². The van der Waals surface area contributed by atoms with E-state index in [1.54, 1.807) is 0 Å². The molecule has 0 radical (unpaired) electrons. The van der Waals surface area contributed by atoms with Gasteiger partial charge in [0.25, 0.3) is 0 Å². The summed E-state index contributed by atoms with van der Waals surface area (Å²) in [7, 11) is 0. The van der Waals surface area contributed by atoms with Crippen molar-refractivity contribution in [1.82, 2.24) is 30.3 Å². The third-order valence-electron chi connectivity index (χ3n) is 12.3. The molecule has 11 nitrogen and oxygen atoms in total. The summed E-state index contributed by atoms with van der Waals surface area (Å²) in [4.78, 5) is 29.6. The molecule has 5 aliphatic rings. The van der Waals surface area contributed by atoms with Crippen LogP contribution in [-0.4, -0.2) is 77.4 Å². The average Bonchev–Trinajstić information content (AvgIpc) is 3.70. The Kier molecular flexibility index (Phi) is 6.64. The molecule has 11 heteroatoms. The zero-order chi connectivity index (χ0) is 33.0. The first-order valence-electron chi connectivity index (χ1n) is 17.9.